The summed E-state index contributed by atoms with van der Waals surface area (Å²) in [6, 6.07) is 0. The van der Waals surface area contributed by atoms with Gasteiger partial charge in [-0.25, -0.2) is 8.78 Å². The van der Waals surface area contributed by atoms with E-state index in [9.17, 15) is 17.6 Å². The standard InChI is InChI=1S/C2H4F4OSi/c3-1(4)2(5,6)7-8/h1H,8H3. The Labute approximate surface area is 46.2 Å². The molecule has 0 aromatic rings. The van der Waals surface area contributed by atoms with Crippen LogP contribution in [0, 0.1) is 0 Å². The second-order valence-electron chi connectivity index (χ2n) is 1.07. The minimum atomic E-state index is -4.23. The summed E-state index contributed by atoms with van der Waals surface area (Å²) in [5.41, 5.74) is 0. The fraction of sp³-hybridized carbons (Fsp3) is 1.00. The molecule has 0 atom stereocenters. The summed E-state index contributed by atoms with van der Waals surface area (Å²) in [7, 11) is -0.385. The van der Waals surface area contributed by atoms with Crippen molar-refractivity contribution in [2.75, 3.05) is 0 Å². The molecule has 0 aliphatic heterocycles. The van der Waals surface area contributed by atoms with Crippen molar-refractivity contribution in [3.63, 3.8) is 0 Å². The summed E-state index contributed by atoms with van der Waals surface area (Å²) >= 11 is 0. The SMILES string of the molecule is FC(F)C(F)(F)O[SiH3]. The van der Waals surface area contributed by atoms with Crippen LogP contribution >= 0.6 is 0 Å². The average molecular weight is 148 g/mol. The van der Waals surface area contributed by atoms with E-state index < -0.39 is 12.5 Å². The van der Waals surface area contributed by atoms with Gasteiger partial charge in [0.2, 0.25) is 0 Å². The predicted octanol–water partition coefficient (Wildman–Crippen LogP) is 0.141. The highest BCUT2D eigenvalue weighted by Gasteiger charge is 2.39. The first-order chi connectivity index (χ1) is 3.50. The van der Waals surface area contributed by atoms with Gasteiger partial charge >= 0.3 is 12.5 Å². The number of hydrogen-bond donors (Lipinski definition) is 0. The minimum absolute atomic E-state index is 0.385. The molecule has 8 heavy (non-hydrogen) atoms. The predicted molar refractivity (Wildman–Crippen MR) is 22.0 cm³/mol. The first kappa shape index (κ1) is 7.90. The van der Waals surface area contributed by atoms with Gasteiger partial charge in [-0.05, 0) is 0 Å². The second kappa shape index (κ2) is 2.45. The zero-order valence-corrected chi connectivity index (χ0v) is 6.00. The van der Waals surface area contributed by atoms with Crippen molar-refractivity contribution >= 4 is 10.5 Å². The van der Waals surface area contributed by atoms with Gasteiger partial charge in [0.1, 0.15) is 0 Å². The van der Waals surface area contributed by atoms with Gasteiger partial charge in [0.05, 0.1) is 0 Å². The van der Waals surface area contributed by atoms with Crippen LogP contribution in [0.25, 0.3) is 0 Å². The highest BCUT2D eigenvalue weighted by atomic mass is 28.2. The molecule has 0 saturated heterocycles. The molecule has 0 radical (unpaired) electrons. The van der Waals surface area contributed by atoms with Gasteiger partial charge in [-0.15, -0.1) is 0 Å². The minimum Gasteiger partial charge on any atom is -0.369 e. The third kappa shape index (κ3) is 1.79. The maximum Gasteiger partial charge on any atom is 0.406 e. The maximum atomic E-state index is 11.3. The van der Waals surface area contributed by atoms with Gasteiger partial charge in [-0.2, -0.15) is 8.78 Å². The molecule has 0 heterocycles. The molecule has 0 aromatic heterocycles. The van der Waals surface area contributed by atoms with Crippen LogP contribution in [0.5, 0.6) is 0 Å². The Bertz CT molecular complexity index is 74.4. The van der Waals surface area contributed by atoms with Gasteiger partial charge < -0.3 is 4.43 Å². The topological polar surface area (TPSA) is 9.23 Å². The molecule has 0 amide bonds. The number of hydrogen-bond acceptors (Lipinski definition) is 1. The smallest absolute Gasteiger partial charge is 0.369 e. The summed E-state index contributed by atoms with van der Waals surface area (Å²) in [4.78, 5) is 0. The lowest BCUT2D eigenvalue weighted by Gasteiger charge is -2.11. The molecule has 6 heteroatoms. The Morgan fingerprint density at radius 2 is 1.75 bits per heavy atom. The Balaban J connectivity index is 3.71. The maximum absolute atomic E-state index is 11.3. The van der Waals surface area contributed by atoms with Crippen LogP contribution in [0.2, 0.25) is 0 Å². The van der Waals surface area contributed by atoms with E-state index in [0.717, 1.165) is 0 Å². The van der Waals surface area contributed by atoms with Crippen molar-refractivity contribution < 1.29 is 22.0 Å². The normalized spacial score (nSPS) is 13.1. The summed E-state index contributed by atoms with van der Waals surface area (Å²) < 4.78 is 47.9. The van der Waals surface area contributed by atoms with Gasteiger partial charge in [-0.1, -0.05) is 0 Å². The number of alkyl halides is 4. The molecule has 50 valence electrons. The van der Waals surface area contributed by atoms with Crippen molar-refractivity contribution in [3.05, 3.63) is 0 Å². The lowest BCUT2D eigenvalue weighted by molar-refractivity contribution is -0.252. The van der Waals surface area contributed by atoms with E-state index in [2.05, 4.69) is 4.43 Å². The highest BCUT2D eigenvalue weighted by Crippen LogP contribution is 2.21. The average Bonchev–Trinajstić information content (AvgIpc) is 1.67. The quantitative estimate of drug-likeness (QED) is 0.400. The van der Waals surface area contributed by atoms with Crippen molar-refractivity contribution in [1.82, 2.24) is 0 Å². The molecule has 1 nitrogen and oxygen atoms in total. The fourth-order valence-electron chi connectivity index (χ4n) is 0.0891. The van der Waals surface area contributed by atoms with E-state index in [4.69, 9.17) is 0 Å². The molecule has 0 rings (SSSR count). The third-order valence-electron chi connectivity index (χ3n) is 0.526. The van der Waals surface area contributed by atoms with E-state index in [1.807, 2.05) is 0 Å². The van der Waals surface area contributed by atoms with Gasteiger partial charge in [0.25, 0.3) is 0 Å². The van der Waals surface area contributed by atoms with Crippen molar-refractivity contribution in [1.29, 1.82) is 0 Å². The Morgan fingerprint density at radius 3 is 1.75 bits per heavy atom. The van der Waals surface area contributed by atoms with Gasteiger partial charge in [-0.3, -0.25) is 0 Å². The molecular formula is C2H4F4OSi. The molecule has 0 aliphatic carbocycles. The summed E-state index contributed by atoms with van der Waals surface area (Å²) in [5.74, 6) is 0. The molecule has 0 N–H and O–H groups in total. The monoisotopic (exact) mass is 148 g/mol. The molecule has 0 aromatic carbocycles. The number of rotatable bonds is 2. The van der Waals surface area contributed by atoms with Crippen LogP contribution < -0.4 is 0 Å². The van der Waals surface area contributed by atoms with Crippen LogP contribution in [0.1, 0.15) is 0 Å². The second-order valence-corrected chi connectivity index (χ2v) is 1.47. The molecular weight excluding hydrogens is 144 g/mol. The molecule has 0 unspecified atom stereocenters. The molecule has 0 fully saturated rings. The molecule has 0 saturated carbocycles. The zero-order chi connectivity index (χ0) is 6.78. The molecule has 0 aliphatic rings. The summed E-state index contributed by atoms with van der Waals surface area (Å²) in [5, 5.41) is 0. The van der Waals surface area contributed by atoms with Gasteiger partial charge in [0, 0.05) is 0 Å². The van der Waals surface area contributed by atoms with Crippen molar-refractivity contribution in [2.45, 2.75) is 12.5 Å². The third-order valence-corrected chi connectivity index (χ3v) is 1.07. The summed E-state index contributed by atoms with van der Waals surface area (Å²) in [6.07, 6.45) is -7.94. The van der Waals surface area contributed by atoms with Crippen molar-refractivity contribution in [3.8, 4) is 0 Å². The number of halogens is 4. The van der Waals surface area contributed by atoms with E-state index in [1.165, 1.54) is 0 Å². The van der Waals surface area contributed by atoms with E-state index in [0.29, 0.717) is 0 Å². The zero-order valence-electron chi connectivity index (χ0n) is 4.00. The van der Waals surface area contributed by atoms with Crippen LogP contribution in [0.15, 0.2) is 0 Å². The Hall–Kier alpha value is -0.103. The van der Waals surface area contributed by atoms with Crippen LogP contribution in [-0.2, 0) is 4.43 Å². The Kier molecular flexibility index (Phi) is 2.42. The van der Waals surface area contributed by atoms with Crippen LogP contribution in [-0.4, -0.2) is 23.0 Å². The Morgan fingerprint density at radius 1 is 1.38 bits per heavy atom. The van der Waals surface area contributed by atoms with Crippen LogP contribution in [0.3, 0.4) is 0 Å². The van der Waals surface area contributed by atoms with Crippen molar-refractivity contribution in [2.24, 2.45) is 0 Å². The van der Waals surface area contributed by atoms with E-state index >= 15 is 0 Å². The lowest BCUT2D eigenvalue weighted by Crippen LogP contribution is -2.28. The summed E-state index contributed by atoms with van der Waals surface area (Å²) in [6.45, 7) is 0. The first-order valence-corrected chi connectivity index (χ1v) is 2.53. The fourth-order valence-corrected chi connectivity index (χ4v) is 0.267. The van der Waals surface area contributed by atoms with Crippen LogP contribution in [0.4, 0.5) is 17.6 Å². The molecule has 0 spiro atoms. The molecule has 0 bridgehead atoms. The van der Waals surface area contributed by atoms with Gasteiger partial charge in [0.15, 0.2) is 10.5 Å². The highest BCUT2D eigenvalue weighted by molar-refractivity contribution is 5.98. The largest absolute Gasteiger partial charge is 0.406 e. The van der Waals surface area contributed by atoms with E-state index in [-0.39, 0.29) is 10.5 Å². The van der Waals surface area contributed by atoms with E-state index in [1.54, 1.807) is 0 Å². The lowest BCUT2D eigenvalue weighted by atomic mass is 10.7. The first-order valence-electron chi connectivity index (χ1n) is 1.72.